The molecule has 0 aromatic heterocycles. The molecule has 0 aliphatic carbocycles. The van der Waals surface area contributed by atoms with Gasteiger partial charge in [-0.05, 0) is 70.6 Å². The average molecular weight is 1140 g/mol. The monoisotopic (exact) mass is 1140 g/mol. The van der Waals surface area contributed by atoms with Crippen LogP contribution in [0.3, 0.4) is 0 Å². The molecular weight excluding hydrogens is 1030 g/mol. The molecule has 0 aromatic carbocycles. The first-order valence-electron chi connectivity index (χ1n) is 29.8. The number of allylic oxidation sites excluding steroid dienone is 13. The molecule has 80 heavy (non-hydrogen) atoms. The molecule has 19 nitrogen and oxygen atoms in total. The van der Waals surface area contributed by atoms with Gasteiger partial charge in [0.25, 0.3) is 0 Å². The van der Waals surface area contributed by atoms with Crippen molar-refractivity contribution in [3.8, 4) is 0 Å². The quantitative estimate of drug-likeness (QED) is 0.0276. The number of aliphatic hydroxyl groups is 11. The molecule has 0 aromatic rings. The summed E-state index contributed by atoms with van der Waals surface area (Å²) in [5, 5.41) is 120. The van der Waals surface area contributed by atoms with Crippen LogP contribution in [0.5, 0.6) is 0 Å². The highest BCUT2D eigenvalue weighted by atomic mass is 16.8. The minimum absolute atomic E-state index is 0.226. The predicted octanol–water partition coefficient (Wildman–Crippen LogP) is 5.20. The zero-order valence-corrected chi connectivity index (χ0v) is 47.8. The third-order valence-corrected chi connectivity index (χ3v) is 14.4. The van der Waals surface area contributed by atoms with E-state index < -0.39 is 124 Å². The van der Waals surface area contributed by atoms with E-state index in [4.69, 9.17) is 28.4 Å². The summed E-state index contributed by atoms with van der Waals surface area (Å²) in [6, 6.07) is -0.993. The van der Waals surface area contributed by atoms with Crippen LogP contribution in [0.25, 0.3) is 0 Å². The minimum atomic E-state index is -1.98. The van der Waals surface area contributed by atoms with E-state index in [0.717, 1.165) is 89.9 Å². The fraction of sp³-hybridized carbons (Fsp3) is 0.754. The fourth-order valence-electron chi connectivity index (χ4n) is 9.51. The van der Waals surface area contributed by atoms with Crippen LogP contribution in [0, 0.1) is 0 Å². The Morgan fingerprint density at radius 3 is 1.40 bits per heavy atom. The second-order valence-electron chi connectivity index (χ2n) is 21.1. The van der Waals surface area contributed by atoms with Gasteiger partial charge >= 0.3 is 0 Å². The van der Waals surface area contributed by atoms with Gasteiger partial charge in [-0.2, -0.15) is 0 Å². The van der Waals surface area contributed by atoms with Gasteiger partial charge in [0, 0.05) is 6.42 Å². The Kier molecular flexibility index (Phi) is 38.8. The molecular formula is C61H103NO18. The molecule has 0 spiro atoms. The van der Waals surface area contributed by atoms with Crippen LogP contribution in [0.2, 0.25) is 0 Å². The van der Waals surface area contributed by atoms with Crippen molar-refractivity contribution in [1.82, 2.24) is 5.32 Å². The zero-order chi connectivity index (χ0) is 58.3. The lowest BCUT2D eigenvalue weighted by atomic mass is 9.96. The van der Waals surface area contributed by atoms with Crippen LogP contribution in [0.15, 0.2) is 85.1 Å². The highest BCUT2D eigenvalue weighted by Crippen LogP contribution is 2.33. The van der Waals surface area contributed by atoms with Crippen molar-refractivity contribution in [3.05, 3.63) is 85.1 Å². The molecule has 17 atom stereocenters. The fourth-order valence-corrected chi connectivity index (χ4v) is 9.51. The second-order valence-corrected chi connectivity index (χ2v) is 21.1. The molecule has 0 radical (unpaired) electrons. The van der Waals surface area contributed by atoms with Gasteiger partial charge in [-0.1, -0.05) is 170 Å². The van der Waals surface area contributed by atoms with Crippen LogP contribution in [-0.2, 0) is 33.2 Å². The number of carbonyl (C=O) groups is 1. The summed E-state index contributed by atoms with van der Waals surface area (Å²) in [6.07, 6.45) is 26.1. The van der Waals surface area contributed by atoms with Crippen LogP contribution < -0.4 is 5.32 Å². The van der Waals surface area contributed by atoms with E-state index in [9.17, 15) is 61.0 Å². The summed E-state index contributed by atoms with van der Waals surface area (Å²) in [5.74, 6) is -0.298. The maximum atomic E-state index is 13.3. The predicted molar refractivity (Wildman–Crippen MR) is 304 cm³/mol. The summed E-state index contributed by atoms with van der Waals surface area (Å²) < 4.78 is 34.1. The summed E-state index contributed by atoms with van der Waals surface area (Å²) in [7, 11) is 0. The standard InChI is InChI=1S/C61H103NO18/c1-3-5-7-9-11-13-14-15-16-17-18-19-20-21-22-23-24-25-26-27-28-29-30-31-33-35-37-39-49(67)62-44(45(66)38-36-34-32-12-10-8-6-4-2)43-75-59-55(73)52(70)57(47(41-64)77-59)80-61-56(74)53(71)58(48(42-65)78-61)79-60-54(72)51(69)50(68)46(40-63)76-60/h5,7,10-13,15-16,18-19,21-22,36,38,44-48,50-61,63-66,68-74H,3-4,6,8-9,14,17,20,23-35,37,39-43H2,1-2H3,(H,62,67)/b7-5-,12-10+,13-11-,16-15-,19-18-,22-21-,38-36+. The van der Waals surface area contributed by atoms with Crippen molar-refractivity contribution in [2.45, 2.75) is 266 Å². The molecule has 3 rings (SSSR count). The molecule has 19 heteroatoms. The summed E-state index contributed by atoms with van der Waals surface area (Å²) in [5.41, 5.74) is 0. The van der Waals surface area contributed by atoms with Crippen molar-refractivity contribution in [3.63, 3.8) is 0 Å². The van der Waals surface area contributed by atoms with Gasteiger partial charge in [-0.15, -0.1) is 0 Å². The number of hydrogen-bond donors (Lipinski definition) is 12. The number of carbonyl (C=O) groups excluding carboxylic acids is 1. The molecule has 0 bridgehead atoms. The SMILES string of the molecule is CC/C=C\C/C=C\C/C=C\C/C=C\C/C=C\CCCCCCCCCCCCCC(=O)NC(COC1OC(CO)C(OC2OC(CO)C(OC3OC(CO)C(O)C(O)C3O)C(O)C2O)C(O)C1O)C(O)/C=C/CC/C=C/CCCC. The Labute approximate surface area is 476 Å². The molecule has 3 fully saturated rings. The summed E-state index contributed by atoms with van der Waals surface area (Å²) in [4.78, 5) is 13.3. The number of ether oxygens (including phenoxy) is 6. The van der Waals surface area contributed by atoms with Gasteiger partial charge in [0.15, 0.2) is 18.9 Å². The maximum absolute atomic E-state index is 13.3. The highest BCUT2D eigenvalue weighted by Gasteiger charge is 2.53. The molecule has 3 aliphatic heterocycles. The largest absolute Gasteiger partial charge is 0.394 e. The Hall–Kier alpha value is -3.03. The molecule has 3 aliphatic rings. The first-order chi connectivity index (χ1) is 38.8. The van der Waals surface area contributed by atoms with Gasteiger partial charge in [0.2, 0.25) is 5.91 Å². The zero-order valence-electron chi connectivity index (χ0n) is 47.8. The van der Waals surface area contributed by atoms with Crippen molar-refractivity contribution >= 4 is 5.91 Å². The van der Waals surface area contributed by atoms with Crippen LogP contribution in [-0.4, -0.2) is 193 Å². The second kappa shape index (κ2) is 43.6. The topological polar surface area (TPSA) is 307 Å². The minimum Gasteiger partial charge on any atom is -0.394 e. The third kappa shape index (κ3) is 27.1. The van der Waals surface area contributed by atoms with E-state index in [1.807, 2.05) is 6.08 Å². The maximum Gasteiger partial charge on any atom is 0.220 e. The van der Waals surface area contributed by atoms with Crippen molar-refractivity contribution < 1.29 is 89.4 Å². The number of rotatable bonds is 42. The number of unbranched alkanes of at least 4 members (excludes halogenated alkanes) is 14. The average Bonchev–Trinajstić information content (AvgIpc) is 3.55. The van der Waals surface area contributed by atoms with E-state index in [2.05, 4.69) is 92.1 Å². The molecule has 1 amide bonds. The number of aliphatic hydroxyl groups excluding tert-OH is 11. The number of amides is 1. The number of nitrogens with one attached hydrogen (secondary N) is 1. The van der Waals surface area contributed by atoms with Gasteiger partial charge in [0.1, 0.15) is 73.2 Å². The van der Waals surface area contributed by atoms with Crippen LogP contribution >= 0.6 is 0 Å². The Balaban J connectivity index is 1.41. The van der Waals surface area contributed by atoms with E-state index in [-0.39, 0.29) is 18.9 Å². The normalized spacial score (nSPS) is 30.6. The Morgan fingerprint density at radius 2 is 0.875 bits per heavy atom. The molecule has 460 valence electrons. The lowest BCUT2D eigenvalue weighted by molar-refractivity contribution is -0.379. The lowest BCUT2D eigenvalue weighted by Crippen LogP contribution is -2.66. The van der Waals surface area contributed by atoms with Crippen LogP contribution in [0.4, 0.5) is 0 Å². The van der Waals surface area contributed by atoms with Crippen LogP contribution in [0.1, 0.15) is 162 Å². The molecule has 3 saturated heterocycles. The molecule has 12 N–H and O–H groups in total. The van der Waals surface area contributed by atoms with Gasteiger partial charge in [0.05, 0.1) is 38.6 Å². The van der Waals surface area contributed by atoms with E-state index in [1.54, 1.807) is 6.08 Å². The highest BCUT2D eigenvalue weighted by molar-refractivity contribution is 5.76. The first-order valence-corrected chi connectivity index (χ1v) is 29.8. The third-order valence-electron chi connectivity index (χ3n) is 14.4. The van der Waals surface area contributed by atoms with Gasteiger partial charge in [-0.3, -0.25) is 4.79 Å². The molecule has 0 saturated carbocycles. The lowest BCUT2D eigenvalue weighted by Gasteiger charge is -2.48. The molecule has 3 heterocycles. The van der Waals surface area contributed by atoms with Crippen molar-refractivity contribution in [2.24, 2.45) is 0 Å². The number of hydrogen-bond acceptors (Lipinski definition) is 18. The van der Waals surface area contributed by atoms with E-state index in [0.29, 0.717) is 12.8 Å². The van der Waals surface area contributed by atoms with E-state index in [1.165, 1.54) is 38.5 Å². The first kappa shape index (κ1) is 71.2. The van der Waals surface area contributed by atoms with Crippen molar-refractivity contribution in [2.75, 3.05) is 26.4 Å². The van der Waals surface area contributed by atoms with Gasteiger partial charge < -0.3 is 89.9 Å². The summed E-state index contributed by atoms with van der Waals surface area (Å²) in [6.45, 7) is 1.47. The van der Waals surface area contributed by atoms with Gasteiger partial charge in [-0.25, -0.2) is 0 Å². The summed E-state index contributed by atoms with van der Waals surface area (Å²) >= 11 is 0. The van der Waals surface area contributed by atoms with E-state index >= 15 is 0 Å². The smallest absolute Gasteiger partial charge is 0.220 e. The Morgan fingerprint density at radius 1 is 0.463 bits per heavy atom. The van der Waals surface area contributed by atoms with Crippen molar-refractivity contribution in [1.29, 1.82) is 0 Å². The Bertz CT molecular complexity index is 1790. The molecule has 17 unspecified atom stereocenters.